The summed E-state index contributed by atoms with van der Waals surface area (Å²) in [4.78, 5) is 14.5. The molecule has 30 heavy (non-hydrogen) atoms. The van der Waals surface area contributed by atoms with Crippen LogP contribution in [0.2, 0.25) is 0 Å². The van der Waals surface area contributed by atoms with Crippen LogP contribution in [0.4, 0.5) is 11.4 Å². The second-order valence-electron chi connectivity index (χ2n) is 7.28. The molecule has 2 aromatic carbocycles. The molecule has 0 bridgehead atoms. The number of carbonyl (C=O) groups is 1. The molecule has 0 aliphatic heterocycles. The lowest BCUT2D eigenvalue weighted by Gasteiger charge is -2.13. The highest BCUT2D eigenvalue weighted by atomic mass is 32.2. The van der Waals surface area contributed by atoms with E-state index in [1.54, 1.807) is 6.08 Å². The molecule has 0 saturated heterocycles. The van der Waals surface area contributed by atoms with Gasteiger partial charge in [0.05, 0.1) is 5.75 Å². The molecule has 0 fully saturated rings. The van der Waals surface area contributed by atoms with E-state index in [4.69, 9.17) is 0 Å². The number of allylic oxidation sites excluding steroid dienone is 1. The van der Waals surface area contributed by atoms with Gasteiger partial charge >= 0.3 is 0 Å². The first kappa shape index (κ1) is 21.6. The molecule has 3 aromatic rings. The monoisotopic (exact) mass is 421 g/mol. The molecule has 1 aromatic heterocycles. The van der Waals surface area contributed by atoms with Gasteiger partial charge in [-0.05, 0) is 61.4 Å². The average Bonchev–Trinajstić information content (AvgIpc) is 3.12. The maximum Gasteiger partial charge on any atom is 0.234 e. The fourth-order valence-corrected chi connectivity index (χ4v) is 3.71. The molecule has 1 amide bonds. The molecule has 0 atom stereocenters. The van der Waals surface area contributed by atoms with Crippen LogP contribution in [0.25, 0.3) is 11.4 Å². The molecular weight excluding hydrogens is 394 g/mol. The largest absolute Gasteiger partial charge is 0.378 e. The van der Waals surface area contributed by atoms with E-state index in [1.807, 2.05) is 73.0 Å². The third-order valence-electron chi connectivity index (χ3n) is 4.79. The van der Waals surface area contributed by atoms with E-state index in [-0.39, 0.29) is 11.7 Å². The third kappa shape index (κ3) is 5.10. The van der Waals surface area contributed by atoms with Crippen LogP contribution in [-0.2, 0) is 11.3 Å². The Morgan fingerprint density at radius 2 is 1.87 bits per heavy atom. The summed E-state index contributed by atoms with van der Waals surface area (Å²) in [5.74, 6) is 0.937. The van der Waals surface area contributed by atoms with Crippen molar-refractivity contribution < 1.29 is 4.79 Å². The van der Waals surface area contributed by atoms with Crippen molar-refractivity contribution in [3.63, 3.8) is 0 Å². The fraction of sp³-hybridized carbons (Fsp3) is 0.261. The second kappa shape index (κ2) is 9.63. The number of rotatable bonds is 8. The molecule has 0 saturated carbocycles. The van der Waals surface area contributed by atoms with Crippen molar-refractivity contribution in [3.8, 4) is 11.4 Å². The molecule has 1 heterocycles. The van der Waals surface area contributed by atoms with Crippen LogP contribution >= 0.6 is 11.8 Å². The lowest BCUT2D eigenvalue weighted by Crippen LogP contribution is -2.14. The van der Waals surface area contributed by atoms with Gasteiger partial charge in [0.2, 0.25) is 5.91 Å². The first-order chi connectivity index (χ1) is 14.4. The predicted molar refractivity (Wildman–Crippen MR) is 125 cm³/mol. The summed E-state index contributed by atoms with van der Waals surface area (Å²) in [7, 11) is 4.01. The van der Waals surface area contributed by atoms with E-state index in [9.17, 15) is 4.79 Å². The minimum atomic E-state index is -0.0757. The highest BCUT2D eigenvalue weighted by molar-refractivity contribution is 7.99. The van der Waals surface area contributed by atoms with Crippen molar-refractivity contribution in [2.24, 2.45) is 0 Å². The van der Waals surface area contributed by atoms with Gasteiger partial charge in [0.1, 0.15) is 0 Å². The quantitative estimate of drug-likeness (QED) is 0.427. The Morgan fingerprint density at radius 1 is 1.13 bits per heavy atom. The van der Waals surface area contributed by atoms with Crippen LogP contribution < -0.4 is 10.2 Å². The Labute approximate surface area is 182 Å². The van der Waals surface area contributed by atoms with Gasteiger partial charge < -0.3 is 10.2 Å². The Balaban J connectivity index is 1.72. The van der Waals surface area contributed by atoms with Crippen LogP contribution in [0.15, 0.2) is 60.3 Å². The topological polar surface area (TPSA) is 63.1 Å². The highest BCUT2D eigenvalue weighted by Gasteiger charge is 2.15. The summed E-state index contributed by atoms with van der Waals surface area (Å²) in [6.45, 7) is 8.49. The van der Waals surface area contributed by atoms with E-state index in [1.165, 1.54) is 17.3 Å². The van der Waals surface area contributed by atoms with Crippen LogP contribution in [0, 0.1) is 13.8 Å². The van der Waals surface area contributed by atoms with Crippen molar-refractivity contribution in [1.29, 1.82) is 0 Å². The lowest BCUT2D eigenvalue weighted by atomic mass is 10.1. The number of nitrogens with zero attached hydrogens (tertiary/aromatic N) is 4. The maximum absolute atomic E-state index is 12.4. The number of aromatic nitrogens is 3. The molecule has 0 aliphatic rings. The Morgan fingerprint density at radius 3 is 2.50 bits per heavy atom. The molecule has 0 radical (unpaired) electrons. The van der Waals surface area contributed by atoms with Crippen molar-refractivity contribution in [2.75, 3.05) is 30.1 Å². The van der Waals surface area contributed by atoms with Crippen LogP contribution in [-0.4, -0.2) is 40.5 Å². The Bertz CT molecular complexity index is 1040. The number of benzene rings is 2. The van der Waals surface area contributed by atoms with Crippen LogP contribution in [0.1, 0.15) is 11.1 Å². The fourth-order valence-electron chi connectivity index (χ4n) is 2.96. The van der Waals surface area contributed by atoms with Crippen molar-refractivity contribution in [3.05, 3.63) is 66.2 Å². The molecule has 6 nitrogen and oxygen atoms in total. The number of thioether (sulfide) groups is 1. The van der Waals surface area contributed by atoms with E-state index >= 15 is 0 Å². The van der Waals surface area contributed by atoms with Gasteiger partial charge in [0.25, 0.3) is 0 Å². The minimum absolute atomic E-state index is 0.0757. The smallest absolute Gasteiger partial charge is 0.234 e. The van der Waals surface area contributed by atoms with Gasteiger partial charge in [-0.2, -0.15) is 0 Å². The SMILES string of the molecule is C=CCn1c(SCC(=O)Nc2ccc(C)c(C)c2)nnc1-c1ccc(N(C)C)cc1. The van der Waals surface area contributed by atoms with Gasteiger partial charge in [0, 0.05) is 37.6 Å². The number of amides is 1. The number of hydrogen-bond acceptors (Lipinski definition) is 5. The molecule has 0 aliphatic carbocycles. The lowest BCUT2D eigenvalue weighted by molar-refractivity contribution is -0.113. The van der Waals surface area contributed by atoms with Gasteiger partial charge in [-0.15, -0.1) is 16.8 Å². The van der Waals surface area contributed by atoms with Crippen molar-refractivity contribution in [2.45, 2.75) is 25.5 Å². The molecule has 7 heteroatoms. The van der Waals surface area contributed by atoms with Gasteiger partial charge in [-0.3, -0.25) is 9.36 Å². The zero-order valence-corrected chi connectivity index (χ0v) is 18.7. The van der Waals surface area contributed by atoms with E-state index < -0.39 is 0 Å². The Kier molecular flexibility index (Phi) is 6.95. The second-order valence-corrected chi connectivity index (χ2v) is 8.23. The summed E-state index contributed by atoms with van der Waals surface area (Å²) in [5, 5.41) is 12.3. The van der Waals surface area contributed by atoms with Crippen LogP contribution in [0.5, 0.6) is 0 Å². The number of anilines is 2. The van der Waals surface area contributed by atoms with Gasteiger partial charge in [0.15, 0.2) is 11.0 Å². The number of carbonyl (C=O) groups excluding carboxylic acids is 1. The summed E-state index contributed by atoms with van der Waals surface area (Å²) < 4.78 is 1.98. The van der Waals surface area contributed by atoms with Crippen molar-refractivity contribution >= 4 is 29.0 Å². The molecule has 3 rings (SSSR count). The Hall–Kier alpha value is -3.06. The number of aryl methyl sites for hydroxylation is 2. The summed E-state index contributed by atoms with van der Waals surface area (Å²) in [6.07, 6.45) is 1.81. The summed E-state index contributed by atoms with van der Waals surface area (Å²) >= 11 is 1.37. The summed E-state index contributed by atoms with van der Waals surface area (Å²) in [5.41, 5.74) is 5.24. The normalized spacial score (nSPS) is 10.7. The average molecular weight is 422 g/mol. The van der Waals surface area contributed by atoms with E-state index in [0.29, 0.717) is 11.7 Å². The first-order valence-corrected chi connectivity index (χ1v) is 10.7. The zero-order chi connectivity index (χ0) is 21.7. The van der Waals surface area contributed by atoms with E-state index in [2.05, 4.69) is 29.0 Å². The zero-order valence-electron chi connectivity index (χ0n) is 17.8. The highest BCUT2D eigenvalue weighted by Crippen LogP contribution is 2.26. The molecule has 1 N–H and O–H groups in total. The standard InChI is InChI=1S/C23H27N5OS/c1-6-13-28-22(18-8-11-20(12-9-18)27(4)5)25-26-23(28)30-15-21(29)24-19-10-7-16(2)17(3)14-19/h6-12,14H,1,13,15H2,2-5H3,(H,24,29). The summed E-state index contributed by atoms with van der Waals surface area (Å²) in [6, 6.07) is 14.1. The molecular formula is C23H27N5OS. The van der Waals surface area contributed by atoms with Crippen LogP contribution in [0.3, 0.4) is 0 Å². The maximum atomic E-state index is 12.4. The number of hydrogen-bond donors (Lipinski definition) is 1. The molecule has 0 unspecified atom stereocenters. The van der Waals surface area contributed by atoms with Crippen molar-refractivity contribution in [1.82, 2.24) is 14.8 Å². The molecule has 0 spiro atoms. The van der Waals surface area contributed by atoms with E-state index in [0.717, 1.165) is 28.3 Å². The number of nitrogens with one attached hydrogen (secondary N) is 1. The van der Waals surface area contributed by atoms with Gasteiger partial charge in [-0.1, -0.05) is 23.9 Å². The third-order valence-corrected chi connectivity index (χ3v) is 5.76. The predicted octanol–water partition coefficient (Wildman–Crippen LogP) is 4.54. The minimum Gasteiger partial charge on any atom is -0.378 e. The van der Waals surface area contributed by atoms with Gasteiger partial charge in [-0.25, -0.2) is 0 Å². The first-order valence-electron chi connectivity index (χ1n) is 9.71. The molecule has 156 valence electrons.